The number of aromatic nitrogens is 1. The van der Waals surface area contributed by atoms with Crippen molar-refractivity contribution in [1.29, 1.82) is 0 Å². The number of hydrogen-bond acceptors (Lipinski definition) is 2. The Hall–Kier alpha value is -3.92. The van der Waals surface area contributed by atoms with Gasteiger partial charge in [-0.15, -0.1) is 0 Å². The van der Waals surface area contributed by atoms with Crippen molar-refractivity contribution in [3.8, 4) is 0 Å². The molecule has 1 aromatic heterocycles. The molecule has 1 aliphatic heterocycles. The lowest BCUT2D eigenvalue weighted by atomic mass is 9.84. The lowest BCUT2D eigenvalue weighted by molar-refractivity contribution is -0.119. The molecule has 0 saturated heterocycles. The SMILES string of the molecule is Cc1cc2c(c(=O)n1Cc1ccccc1)C(c1ccccc1)CC(=O)N2Cc1ccccc1. The van der Waals surface area contributed by atoms with Crippen molar-refractivity contribution >= 4 is 11.6 Å². The normalized spacial score (nSPS) is 15.4. The number of hydrogen-bond donors (Lipinski definition) is 0. The van der Waals surface area contributed by atoms with E-state index in [0.717, 1.165) is 28.1 Å². The van der Waals surface area contributed by atoms with Crippen molar-refractivity contribution in [3.05, 3.63) is 135 Å². The molecule has 3 aromatic carbocycles. The Balaban J connectivity index is 1.66. The van der Waals surface area contributed by atoms with Gasteiger partial charge in [0.05, 0.1) is 18.8 Å². The molecule has 2 heterocycles. The second-order valence-electron chi connectivity index (χ2n) is 8.59. The van der Waals surface area contributed by atoms with Crippen molar-refractivity contribution in [3.63, 3.8) is 0 Å². The van der Waals surface area contributed by atoms with Gasteiger partial charge in [-0.1, -0.05) is 91.0 Å². The van der Waals surface area contributed by atoms with Crippen LogP contribution in [0.3, 0.4) is 0 Å². The highest BCUT2D eigenvalue weighted by atomic mass is 16.2. The van der Waals surface area contributed by atoms with Crippen molar-refractivity contribution in [2.45, 2.75) is 32.4 Å². The van der Waals surface area contributed by atoms with Gasteiger partial charge >= 0.3 is 0 Å². The minimum absolute atomic E-state index is 0.0201. The first-order chi connectivity index (χ1) is 16.1. The number of amides is 1. The van der Waals surface area contributed by atoms with E-state index >= 15 is 0 Å². The van der Waals surface area contributed by atoms with Crippen LogP contribution in [0.25, 0.3) is 0 Å². The van der Waals surface area contributed by atoms with Crippen LogP contribution >= 0.6 is 0 Å². The third-order valence-electron chi connectivity index (χ3n) is 6.41. The monoisotopic (exact) mass is 434 g/mol. The fourth-order valence-corrected chi connectivity index (χ4v) is 4.71. The summed E-state index contributed by atoms with van der Waals surface area (Å²) in [6, 6.07) is 31.9. The smallest absolute Gasteiger partial charge is 0.256 e. The van der Waals surface area contributed by atoms with Gasteiger partial charge in [0.1, 0.15) is 0 Å². The Bertz CT molecular complexity index is 1330. The van der Waals surface area contributed by atoms with E-state index in [1.54, 1.807) is 4.90 Å². The Labute approximate surface area is 193 Å². The average Bonchev–Trinajstić information content (AvgIpc) is 2.85. The quantitative estimate of drug-likeness (QED) is 0.429. The van der Waals surface area contributed by atoms with Gasteiger partial charge in [-0.25, -0.2) is 0 Å². The molecule has 0 bridgehead atoms. The molecule has 4 aromatic rings. The third kappa shape index (κ3) is 4.12. The van der Waals surface area contributed by atoms with Crippen LogP contribution in [0, 0.1) is 6.92 Å². The van der Waals surface area contributed by atoms with Crippen LogP contribution in [0.15, 0.2) is 102 Å². The van der Waals surface area contributed by atoms with Gasteiger partial charge in [-0.05, 0) is 29.7 Å². The average molecular weight is 435 g/mol. The van der Waals surface area contributed by atoms with Crippen molar-refractivity contribution < 1.29 is 4.79 Å². The Morgan fingerprint density at radius 3 is 1.91 bits per heavy atom. The molecule has 1 unspecified atom stereocenters. The van der Waals surface area contributed by atoms with Gasteiger partial charge in [-0.2, -0.15) is 0 Å². The summed E-state index contributed by atoms with van der Waals surface area (Å²) >= 11 is 0. The number of nitrogens with zero attached hydrogens (tertiary/aromatic N) is 2. The summed E-state index contributed by atoms with van der Waals surface area (Å²) in [6.45, 7) is 2.91. The summed E-state index contributed by atoms with van der Waals surface area (Å²) in [5.74, 6) is -0.212. The maximum Gasteiger partial charge on any atom is 0.256 e. The number of rotatable bonds is 5. The summed E-state index contributed by atoms with van der Waals surface area (Å²) < 4.78 is 1.83. The van der Waals surface area contributed by atoms with Gasteiger partial charge in [0.2, 0.25) is 5.91 Å². The predicted octanol–water partition coefficient (Wildman–Crippen LogP) is 5.27. The van der Waals surface area contributed by atoms with E-state index in [1.165, 1.54) is 0 Å². The van der Waals surface area contributed by atoms with E-state index in [4.69, 9.17) is 0 Å². The molecule has 0 saturated carbocycles. The molecule has 1 atom stereocenters. The lowest BCUT2D eigenvalue weighted by Crippen LogP contribution is -2.41. The molecule has 1 aliphatic rings. The molecule has 0 N–H and O–H groups in total. The largest absolute Gasteiger partial charge is 0.308 e. The molecule has 0 fully saturated rings. The molecule has 1 amide bonds. The fraction of sp³-hybridized carbons (Fsp3) is 0.172. The van der Waals surface area contributed by atoms with Crippen LogP contribution in [0.5, 0.6) is 0 Å². The Kier molecular flexibility index (Phi) is 5.66. The molecule has 4 heteroatoms. The molecule has 5 rings (SSSR count). The van der Waals surface area contributed by atoms with E-state index in [9.17, 15) is 9.59 Å². The summed E-state index contributed by atoms with van der Waals surface area (Å²) in [5.41, 5.74) is 5.39. The van der Waals surface area contributed by atoms with Crippen LogP contribution in [0.1, 0.15) is 40.3 Å². The first-order valence-electron chi connectivity index (χ1n) is 11.3. The van der Waals surface area contributed by atoms with Crippen molar-refractivity contribution in [1.82, 2.24) is 4.57 Å². The molecule has 164 valence electrons. The van der Waals surface area contributed by atoms with Gasteiger partial charge in [-0.3, -0.25) is 9.59 Å². The Morgan fingerprint density at radius 2 is 1.30 bits per heavy atom. The number of fused-ring (bicyclic) bond motifs is 1. The highest BCUT2D eigenvalue weighted by Crippen LogP contribution is 2.39. The zero-order valence-electron chi connectivity index (χ0n) is 18.6. The molecule has 0 radical (unpaired) electrons. The lowest BCUT2D eigenvalue weighted by Gasteiger charge is -2.35. The number of anilines is 1. The van der Waals surface area contributed by atoms with Gasteiger partial charge in [0.25, 0.3) is 5.56 Å². The third-order valence-corrected chi connectivity index (χ3v) is 6.41. The first-order valence-corrected chi connectivity index (χ1v) is 11.3. The number of pyridine rings is 1. The molecule has 4 nitrogen and oxygen atoms in total. The molecular weight excluding hydrogens is 408 g/mol. The zero-order chi connectivity index (χ0) is 22.8. The summed E-state index contributed by atoms with van der Waals surface area (Å²) in [5, 5.41) is 0. The minimum atomic E-state index is -0.254. The maximum absolute atomic E-state index is 14.0. The summed E-state index contributed by atoms with van der Waals surface area (Å²) in [4.78, 5) is 29.1. The standard InChI is InChI=1S/C29H26N2O2/c1-21-17-26-28(29(33)30(21)19-22-11-5-2-6-12-22)25(24-15-9-4-10-16-24)18-27(32)31(26)20-23-13-7-3-8-14-23/h2-17,25H,18-20H2,1H3. The topological polar surface area (TPSA) is 42.3 Å². The Morgan fingerprint density at radius 1 is 0.758 bits per heavy atom. The second kappa shape index (κ2) is 8.91. The number of carbonyl (C=O) groups excluding carboxylic acids is 1. The highest BCUT2D eigenvalue weighted by Gasteiger charge is 2.35. The van der Waals surface area contributed by atoms with Crippen LogP contribution in [-0.2, 0) is 17.9 Å². The molecule has 0 aliphatic carbocycles. The van der Waals surface area contributed by atoms with E-state index in [-0.39, 0.29) is 23.8 Å². The van der Waals surface area contributed by atoms with Gasteiger partial charge in [0, 0.05) is 23.6 Å². The van der Waals surface area contributed by atoms with Crippen LogP contribution in [0.2, 0.25) is 0 Å². The summed E-state index contributed by atoms with van der Waals surface area (Å²) in [7, 11) is 0. The van der Waals surface area contributed by atoms with E-state index in [1.807, 2.05) is 109 Å². The van der Waals surface area contributed by atoms with E-state index in [0.29, 0.717) is 18.7 Å². The van der Waals surface area contributed by atoms with Crippen molar-refractivity contribution in [2.75, 3.05) is 4.90 Å². The van der Waals surface area contributed by atoms with Gasteiger partial charge < -0.3 is 9.47 Å². The molecule has 33 heavy (non-hydrogen) atoms. The van der Waals surface area contributed by atoms with E-state index in [2.05, 4.69) is 0 Å². The highest BCUT2D eigenvalue weighted by molar-refractivity contribution is 5.97. The predicted molar refractivity (Wildman–Crippen MR) is 132 cm³/mol. The van der Waals surface area contributed by atoms with Crippen LogP contribution < -0.4 is 10.5 Å². The minimum Gasteiger partial charge on any atom is -0.308 e. The van der Waals surface area contributed by atoms with Crippen molar-refractivity contribution in [2.24, 2.45) is 0 Å². The molecular formula is C29H26N2O2. The zero-order valence-corrected chi connectivity index (χ0v) is 18.6. The van der Waals surface area contributed by atoms with Crippen LogP contribution in [0.4, 0.5) is 5.69 Å². The van der Waals surface area contributed by atoms with E-state index < -0.39 is 0 Å². The van der Waals surface area contributed by atoms with Crippen LogP contribution in [-0.4, -0.2) is 10.5 Å². The second-order valence-corrected chi connectivity index (χ2v) is 8.59. The number of aryl methyl sites for hydroxylation is 1. The first kappa shape index (κ1) is 21.0. The van der Waals surface area contributed by atoms with Gasteiger partial charge in [0.15, 0.2) is 0 Å². The fourth-order valence-electron chi connectivity index (χ4n) is 4.71. The number of benzene rings is 3. The maximum atomic E-state index is 14.0. The molecule has 0 spiro atoms. The summed E-state index contributed by atoms with van der Waals surface area (Å²) in [6.07, 6.45) is 0.285. The number of carbonyl (C=O) groups is 1.